The molecule has 0 aliphatic heterocycles. The van der Waals surface area contributed by atoms with Crippen LogP contribution < -0.4 is 0 Å². The number of rotatable bonds is 4. The molecule has 0 saturated carbocycles. The van der Waals surface area contributed by atoms with E-state index in [1.165, 1.54) is 13.0 Å². The second-order valence-electron chi connectivity index (χ2n) is 2.09. The van der Waals surface area contributed by atoms with Crippen LogP contribution in [0, 0.1) is 0 Å². The fraction of sp³-hybridized carbons (Fsp3) is 1.00. The van der Waals surface area contributed by atoms with Crippen LogP contribution in [0.5, 0.6) is 0 Å². The molecule has 0 amide bonds. The largest absolute Gasteiger partial charge is 0.324 e. The van der Waals surface area contributed by atoms with Gasteiger partial charge in [-0.1, -0.05) is 138 Å². The Kier molecular flexibility index (Phi) is 10.2. The molecule has 0 heterocycles. The van der Waals surface area contributed by atoms with Crippen LogP contribution in [-0.2, 0) is 0 Å². The fourth-order valence-corrected chi connectivity index (χ4v) is 64.0. The fourth-order valence-electron chi connectivity index (χ4n) is 0.621. The Labute approximate surface area is 152 Å². The Morgan fingerprint density at radius 3 is 1.33 bits per heavy atom. The third-order valence-corrected chi connectivity index (χ3v) is 23.4. The standard InChI is InChI=1S/C3H7I6NSi2/c1-2-3-10(11(4,5)6)12(7,8)9/h2-3H2,1H3. The van der Waals surface area contributed by atoms with Crippen LogP contribution in [0.4, 0.5) is 0 Å². The Balaban J connectivity index is 4.45. The van der Waals surface area contributed by atoms with Gasteiger partial charge in [0, 0.05) is 0 Å². The summed E-state index contributed by atoms with van der Waals surface area (Å²) in [4.78, 5) is 0. The van der Waals surface area contributed by atoms with Crippen molar-refractivity contribution in [3.8, 4) is 0 Å². The monoisotopic (exact) mass is 874 g/mol. The minimum atomic E-state index is -1.16. The molecule has 0 aromatic heterocycles. The molecule has 0 bridgehead atoms. The number of nitrogens with zero attached hydrogens (tertiary/aromatic N) is 1. The van der Waals surface area contributed by atoms with Gasteiger partial charge in [0.05, 0.1) is 0 Å². The first kappa shape index (κ1) is 16.8. The Morgan fingerprint density at radius 1 is 0.917 bits per heavy atom. The van der Waals surface area contributed by atoms with E-state index in [0.717, 1.165) is 0 Å². The third-order valence-electron chi connectivity index (χ3n) is 1.06. The highest BCUT2D eigenvalue weighted by atomic mass is 127. The second-order valence-corrected chi connectivity index (χ2v) is 70.7. The summed E-state index contributed by atoms with van der Waals surface area (Å²) in [5.41, 5.74) is 0. The van der Waals surface area contributed by atoms with Gasteiger partial charge in [0.15, 0.2) is 0 Å². The molecule has 0 N–H and O–H groups in total. The van der Waals surface area contributed by atoms with Gasteiger partial charge >= 0.3 is 1.45 Å². The Bertz CT molecular complexity index is 127. The number of halogens is 6. The minimum Gasteiger partial charge on any atom is -0.298 e. The molecular formula is C3H7I6NSi2. The quantitative estimate of drug-likeness (QED) is 0.214. The van der Waals surface area contributed by atoms with E-state index in [9.17, 15) is 0 Å². The molecule has 0 fully saturated rings. The predicted molar refractivity (Wildman–Crippen MR) is 113 cm³/mol. The van der Waals surface area contributed by atoms with Gasteiger partial charge in [-0.25, -0.2) is 0 Å². The molecule has 0 radical (unpaired) electrons. The third kappa shape index (κ3) is 7.17. The van der Waals surface area contributed by atoms with Gasteiger partial charge in [-0.3, -0.25) is 4.23 Å². The van der Waals surface area contributed by atoms with Crippen molar-refractivity contribution in [2.45, 2.75) is 13.3 Å². The lowest BCUT2D eigenvalue weighted by Gasteiger charge is -2.34. The summed E-state index contributed by atoms with van der Waals surface area (Å²) in [5.74, 6) is 0. The number of hydrogen-bond acceptors (Lipinski definition) is 1. The molecule has 0 unspecified atom stereocenters. The van der Waals surface area contributed by atoms with Crippen molar-refractivity contribution in [3.63, 3.8) is 0 Å². The van der Waals surface area contributed by atoms with Gasteiger partial charge in [0.25, 0.3) is 0 Å². The van der Waals surface area contributed by atoms with Crippen LogP contribution >= 0.6 is 131 Å². The molecular weight excluding hydrogens is 868 g/mol. The van der Waals surface area contributed by atoms with Crippen LogP contribution in [0.25, 0.3) is 0 Å². The smallest absolute Gasteiger partial charge is 0.298 e. The molecule has 74 valence electrons. The maximum Gasteiger partial charge on any atom is 0.324 e. The first-order chi connectivity index (χ1) is 5.19. The molecule has 0 aromatic carbocycles. The van der Waals surface area contributed by atoms with Crippen molar-refractivity contribution in [2.24, 2.45) is 0 Å². The van der Waals surface area contributed by atoms with Crippen LogP contribution in [0.3, 0.4) is 0 Å². The minimum absolute atomic E-state index is 1.16. The first-order valence-electron chi connectivity index (χ1n) is 3.10. The van der Waals surface area contributed by atoms with Crippen LogP contribution in [0.15, 0.2) is 0 Å². The SMILES string of the molecule is CCCN([Si](I)(I)I)[Si](I)(I)I. The lowest BCUT2D eigenvalue weighted by Crippen LogP contribution is -2.49. The summed E-state index contributed by atoms with van der Waals surface area (Å²) in [7, 11) is 0. The molecule has 9 heteroatoms. The van der Waals surface area contributed by atoms with E-state index in [0.29, 0.717) is 0 Å². The molecule has 0 aliphatic carbocycles. The molecule has 12 heavy (non-hydrogen) atoms. The zero-order chi connectivity index (χ0) is 9.99. The maximum absolute atomic E-state index is 2.75. The molecule has 1 nitrogen and oxygen atoms in total. The van der Waals surface area contributed by atoms with E-state index in [4.69, 9.17) is 0 Å². The van der Waals surface area contributed by atoms with E-state index in [2.05, 4.69) is 142 Å². The van der Waals surface area contributed by atoms with E-state index >= 15 is 0 Å². The lowest BCUT2D eigenvalue weighted by molar-refractivity contribution is 0.667. The summed E-state index contributed by atoms with van der Waals surface area (Å²) in [6.45, 7) is 3.53. The number of hydrogen-bond donors (Lipinski definition) is 0. The van der Waals surface area contributed by atoms with Crippen molar-refractivity contribution >= 4 is 132 Å². The van der Waals surface area contributed by atoms with Crippen LogP contribution in [0.2, 0.25) is 0 Å². The summed E-state index contributed by atoms with van der Waals surface area (Å²) in [5, 5.41) is 0. The molecule has 0 aromatic rings. The van der Waals surface area contributed by atoms with E-state index in [1.807, 2.05) is 0 Å². The van der Waals surface area contributed by atoms with Gasteiger partial charge in [-0.2, -0.15) is 0 Å². The van der Waals surface area contributed by atoms with E-state index in [-0.39, 0.29) is 0 Å². The summed E-state index contributed by atoms with van der Waals surface area (Å²) in [6, 6.07) is 0. The van der Waals surface area contributed by atoms with Crippen molar-refractivity contribution in [3.05, 3.63) is 0 Å². The lowest BCUT2D eigenvalue weighted by atomic mass is 10.5. The van der Waals surface area contributed by atoms with Crippen molar-refractivity contribution < 1.29 is 0 Å². The van der Waals surface area contributed by atoms with E-state index < -0.39 is 1.45 Å². The van der Waals surface area contributed by atoms with Crippen molar-refractivity contribution in [1.82, 2.24) is 4.23 Å². The summed E-state index contributed by atoms with van der Waals surface area (Å²) in [6.07, 6.45) is 1.27. The highest BCUT2D eigenvalue weighted by molar-refractivity contribution is 14.4. The van der Waals surface area contributed by atoms with Crippen LogP contribution in [0.1, 0.15) is 13.3 Å². The molecule has 0 spiro atoms. The zero-order valence-corrected chi connectivity index (χ0v) is 21.1. The van der Waals surface area contributed by atoms with E-state index in [1.54, 1.807) is 0 Å². The maximum atomic E-state index is 2.75. The summed E-state index contributed by atoms with van der Waals surface area (Å²) < 4.78 is 0.432. The zero-order valence-electron chi connectivity index (χ0n) is 6.13. The van der Waals surface area contributed by atoms with Gasteiger partial charge in [0.2, 0.25) is 0 Å². The molecule has 0 atom stereocenters. The molecule has 0 saturated heterocycles. The second kappa shape index (κ2) is 7.26. The Morgan fingerprint density at radius 2 is 1.25 bits per heavy atom. The van der Waals surface area contributed by atoms with Crippen molar-refractivity contribution in [1.29, 1.82) is 0 Å². The molecule has 0 aliphatic rings. The first-order valence-corrected chi connectivity index (χ1v) is 25.7. The molecule has 0 rings (SSSR count). The highest BCUT2D eigenvalue weighted by Crippen LogP contribution is 2.44. The van der Waals surface area contributed by atoms with Gasteiger partial charge in [0.1, 0.15) is 0 Å². The topological polar surface area (TPSA) is 3.24 Å². The predicted octanol–water partition coefficient (Wildman–Crippen LogP) is 5.18. The van der Waals surface area contributed by atoms with Crippen LogP contribution in [-0.4, -0.2) is 12.2 Å². The van der Waals surface area contributed by atoms with Gasteiger partial charge in [-0.05, 0) is 13.0 Å². The normalized spacial score (nSPS) is 14.0. The van der Waals surface area contributed by atoms with Gasteiger partial charge in [-0.15, -0.1) is 0 Å². The van der Waals surface area contributed by atoms with Crippen molar-refractivity contribution in [2.75, 3.05) is 6.54 Å². The van der Waals surface area contributed by atoms with Gasteiger partial charge < -0.3 is 0 Å². The average molecular weight is 875 g/mol. The summed E-state index contributed by atoms with van der Waals surface area (Å²) >= 11 is 15.9. The highest BCUT2D eigenvalue weighted by Gasteiger charge is 2.43. The average Bonchev–Trinajstić information content (AvgIpc) is 1.77. The Hall–Kier alpha value is 4.77.